The molecule has 0 spiro atoms. The van der Waals surface area contributed by atoms with Crippen molar-refractivity contribution in [3.63, 3.8) is 0 Å². The number of amides is 2. The van der Waals surface area contributed by atoms with Crippen molar-refractivity contribution in [3.05, 3.63) is 94.5 Å². The van der Waals surface area contributed by atoms with E-state index < -0.39 is 46.2 Å². The third-order valence-electron chi connectivity index (χ3n) is 6.43. The van der Waals surface area contributed by atoms with E-state index in [0.29, 0.717) is 21.0 Å². The summed E-state index contributed by atoms with van der Waals surface area (Å²) >= 11 is 6.01. The predicted octanol–water partition coefficient (Wildman–Crippen LogP) is 6.19. The summed E-state index contributed by atoms with van der Waals surface area (Å²) in [6.45, 7) is 6.07. The molecule has 7 nitrogen and oxygen atoms in total. The number of carbonyl (C=O) groups excluding carboxylic acids is 2. The van der Waals surface area contributed by atoms with E-state index >= 15 is 0 Å². The zero-order valence-corrected chi connectivity index (χ0v) is 25.2. The first-order valence-corrected chi connectivity index (χ1v) is 15.1. The molecule has 0 unspecified atom stereocenters. The molecule has 0 radical (unpaired) electrons. The number of hydrogen-bond donors (Lipinski definition) is 1. The van der Waals surface area contributed by atoms with Crippen molar-refractivity contribution in [2.24, 2.45) is 0 Å². The van der Waals surface area contributed by atoms with Gasteiger partial charge in [-0.2, -0.15) is 13.2 Å². The second-order valence-corrected chi connectivity index (χ2v) is 12.4. The average molecular weight is 624 g/mol. The van der Waals surface area contributed by atoms with Gasteiger partial charge in [-0.1, -0.05) is 54.4 Å². The summed E-state index contributed by atoms with van der Waals surface area (Å²) < 4.78 is 69.2. The molecular formula is C30H33ClF3N3O4S. The molecule has 226 valence electrons. The summed E-state index contributed by atoms with van der Waals surface area (Å²) in [6.07, 6.45) is -4.55. The van der Waals surface area contributed by atoms with Gasteiger partial charge in [0.15, 0.2) is 0 Å². The molecule has 0 saturated carbocycles. The Morgan fingerprint density at radius 1 is 0.976 bits per heavy atom. The highest BCUT2D eigenvalue weighted by Gasteiger charge is 2.36. The number of alkyl halides is 3. The van der Waals surface area contributed by atoms with Crippen LogP contribution in [0.2, 0.25) is 5.02 Å². The van der Waals surface area contributed by atoms with Gasteiger partial charge in [0.2, 0.25) is 11.8 Å². The van der Waals surface area contributed by atoms with Crippen molar-refractivity contribution < 1.29 is 31.2 Å². The standard InChI is InChI=1S/C30H33ClF3N3O4S/c1-5-27(29(39)35-20(2)3)36(18-22-11-13-24(31)14-12-22)28(38)19-37(25-8-6-7-23(17-25)30(32,33)34)42(40,41)26-15-9-21(4)10-16-26/h6-17,20,27H,5,18-19H2,1-4H3,(H,35,39)/t27-/m0/s1. The number of halogens is 4. The first-order valence-electron chi connectivity index (χ1n) is 13.2. The summed E-state index contributed by atoms with van der Waals surface area (Å²) in [4.78, 5) is 28.2. The average Bonchev–Trinajstić information content (AvgIpc) is 2.92. The highest BCUT2D eigenvalue weighted by Crippen LogP contribution is 2.33. The molecule has 3 aromatic carbocycles. The molecule has 1 atom stereocenters. The number of rotatable bonds is 11. The molecule has 3 aromatic rings. The summed E-state index contributed by atoms with van der Waals surface area (Å²) in [5.74, 6) is -1.22. The summed E-state index contributed by atoms with van der Waals surface area (Å²) in [5.41, 5.74) is -0.0236. The lowest BCUT2D eigenvalue weighted by Crippen LogP contribution is -2.53. The second-order valence-electron chi connectivity index (χ2n) is 10.1. The van der Waals surface area contributed by atoms with Crippen molar-refractivity contribution in [3.8, 4) is 0 Å². The van der Waals surface area contributed by atoms with Crippen LogP contribution < -0.4 is 9.62 Å². The van der Waals surface area contributed by atoms with Crippen LogP contribution in [0.3, 0.4) is 0 Å². The maximum Gasteiger partial charge on any atom is 0.416 e. The maximum absolute atomic E-state index is 14.0. The van der Waals surface area contributed by atoms with Gasteiger partial charge in [-0.05, 0) is 75.2 Å². The Morgan fingerprint density at radius 3 is 2.14 bits per heavy atom. The zero-order valence-electron chi connectivity index (χ0n) is 23.7. The Bertz CT molecular complexity index is 1500. The van der Waals surface area contributed by atoms with Crippen LogP contribution in [0.5, 0.6) is 0 Å². The van der Waals surface area contributed by atoms with Gasteiger partial charge in [0.25, 0.3) is 10.0 Å². The molecule has 3 rings (SSSR count). The number of benzene rings is 3. The first kappa shape index (κ1) is 32.9. The molecule has 0 aliphatic carbocycles. The van der Waals surface area contributed by atoms with Gasteiger partial charge >= 0.3 is 6.18 Å². The van der Waals surface area contributed by atoms with Crippen molar-refractivity contribution in [2.75, 3.05) is 10.8 Å². The number of sulfonamides is 1. The van der Waals surface area contributed by atoms with Crippen LogP contribution in [-0.4, -0.2) is 43.8 Å². The lowest BCUT2D eigenvalue weighted by molar-refractivity contribution is -0.140. The number of nitrogens with zero attached hydrogens (tertiary/aromatic N) is 2. The van der Waals surface area contributed by atoms with Crippen molar-refractivity contribution in [1.82, 2.24) is 10.2 Å². The van der Waals surface area contributed by atoms with E-state index in [1.807, 2.05) is 0 Å². The monoisotopic (exact) mass is 623 g/mol. The van der Waals surface area contributed by atoms with Crippen LogP contribution in [0.1, 0.15) is 43.9 Å². The topological polar surface area (TPSA) is 86.8 Å². The molecule has 12 heteroatoms. The molecule has 0 aromatic heterocycles. The molecule has 0 aliphatic heterocycles. The molecule has 0 saturated heterocycles. The third-order valence-corrected chi connectivity index (χ3v) is 8.47. The van der Waals surface area contributed by atoms with E-state index in [4.69, 9.17) is 11.6 Å². The molecule has 0 heterocycles. The number of hydrogen-bond acceptors (Lipinski definition) is 4. The van der Waals surface area contributed by atoms with Crippen molar-refractivity contribution >= 4 is 39.1 Å². The van der Waals surface area contributed by atoms with Crippen molar-refractivity contribution in [2.45, 2.75) is 63.8 Å². The molecular weight excluding hydrogens is 591 g/mol. The maximum atomic E-state index is 14.0. The normalized spacial score (nSPS) is 12.6. The van der Waals surface area contributed by atoms with E-state index in [2.05, 4.69) is 5.32 Å². The quantitative estimate of drug-likeness (QED) is 0.276. The predicted molar refractivity (Wildman–Crippen MR) is 157 cm³/mol. The lowest BCUT2D eigenvalue weighted by Gasteiger charge is -2.33. The number of carbonyl (C=O) groups is 2. The molecule has 1 N–H and O–H groups in total. The van der Waals surface area contributed by atoms with E-state index in [9.17, 15) is 31.2 Å². The van der Waals surface area contributed by atoms with Gasteiger partial charge < -0.3 is 10.2 Å². The van der Waals surface area contributed by atoms with Crippen LogP contribution in [-0.2, 0) is 32.3 Å². The zero-order chi connectivity index (χ0) is 31.2. The highest BCUT2D eigenvalue weighted by molar-refractivity contribution is 7.92. The Kier molecular flexibility index (Phi) is 10.7. The molecule has 42 heavy (non-hydrogen) atoms. The largest absolute Gasteiger partial charge is 0.416 e. The Morgan fingerprint density at radius 2 is 1.60 bits per heavy atom. The Labute approximate surface area is 249 Å². The third kappa shape index (κ3) is 8.25. The van der Waals surface area contributed by atoms with E-state index in [-0.39, 0.29) is 29.6 Å². The summed E-state index contributed by atoms with van der Waals surface area (Å²) in [7, 11) is -4.51. The molecule has 2 amide bonds. The van der Waals surface area contributed by atoms with Crippen LogP contribution in [0.4, 0.5) is 18.9 Å². The SMILES string of the molecule is CC[C@@H](C(=O)NC(C)C)N(Cc1ccc(Cl)cc1)C(=O)CN(c1cccc(C(F)(F)F)c1)S(=O)(=O)c1ccc(C)cc1. The van der Waals surface area contributed by atoms with Gasteiger partial charge in [0.05, 0.1) is 16.1 Å². The Hall–Kier alpha value is -3.57. The van der Waals surface area contributed by atoms with E-state index in [0.717, 1.165) is 17.7 Å². The van der Waals surface area contributed by atoms with Crippen LogP contribution in [0.15, 0.2) is 77.7 Å². The first-order chi connectivity index (χ1) is 19.6. The number of aryl methyl sites for hydroxylation is 1. The van der Waals surface area contributed by atoms with Crippen LogP contribution in [0.25, 0.3) is 0 Å². The van der Waals surface area contributed by atoms with Gasteiger partial charge in [-0.25, -0.2) is 8.42 Å². The minimum absolute atomic E-state index is 0.0684. The van der Waals surface area contributed by atoms with Crippen LogP contribution >= 0.6 is 11.6 Å². The fraction of sp³-hybridized carbons (Fsp3) is 0.333. The fourth-order valence-corrected chi connectivity index (χ4v) is 5.82. The number of nitrogens with one attached hydrogen (secondary N) is 1. The smallest absolute Gasteiger partial charge is 0.352 e. The Balaban J connectivity index is 2.12. The van der Waals surface area contributed by atoms with Gasteiger partial charge in [-0.15, -0.1) is 0 Å². The lowest BCUT2D eigenvalue weighted by atomic mass is 10.1. The summed E-state index contributed by atoms with van der Waals surface area (Å²) in [6, 6.07) is 14.9. The minimum atomic E-state index is -4.75. The molecule has 0 bridgehead atoms. The van der Waals surface area contributed by atoms with E-state index in [1.165, 1.54) is 23.1 Å². The number of anilines is 1. The highest BCUT2D eigenvalue weighted by atomic mass is 35.5. The molecule has 0 fully saturated rings. The summed E-state index contributed by atoms with van der Waals surface area (Å²) in [5, 5.41) is 3.24. The fourth-order valence-electron chi connectivity index (χ4n) is 4.29. The second kappa shape index (κ2) is 13.6. The van der Waals surface area contributed by atoms with E-state index in [1.54, 1.807) is 64.1 Å². The van der Waals surface area contributed by atoms with Gasteiger partial charge in [0.1, 0.15) is 12.6 Å². The molecule has 0 aliphatic rings. The van der Waals surface area contributed by atoms with Gasteiger partial charge in [-0.3, -0.25) is 13.9 Å². The van der Waals surface area contributed by atoms with Crippen LogP contribution in [0, 0.1) is 6.92 Å². The minimum Gasteiger partial charge on any atom is -0.352 e. The van der Waals surface area contributed by atoms with Crippen molar-refractivity contribution in [1.29, 1.82) is 0 Å². The van der Waals surface area contributed by atoms with Gasteiger partial charge in [0, 0.05) is 17.6 Å².